The highest BCUT2D eigenvalue weighted by Crippen LogP contribution is 2.16. The molecule has 0 aromatic carbocycles. The molecular weight excluding hydrogens is 210 g/mol. The number of nitrogens with one attached hydrogen (secondary N) is 1. The molecule has 6 heteroatoms. The summed E-state index contributed by atoms with van der Waals surface area (Å²) in [4.78, 5) is 8.11. The van der Waals surface area contributed by atoms with Gasteiger partial charge in [-0.3, -0.25) is 0 Å². The van der Waals surface area contributed by atoms with Gasteiger partial charge in [-0.1, -0.05) is 23.4 Å². The Balaban J connectivity index is 2.76. The van der Waals surface area contributed by atoms with E-state index in [1.807, 2.05) is 6.26 Å². The van der Waals surface area contributed by atoms with Gasteiger partial charge >= 0.3 is 0 Å². The smallest absolute Gasteiger partial charge is 0.190 e. The van der Waals surface area contributed by atoms with Gasteiger partial charge in [0.15, 0.2) is 5.16 Å². The molecule has 1 aromatic rings. The second-order valence-electron chi connectivity index (χ2n) is 2.21. The molecule has 0 spiro atoms. The summed E-state index contributed by atoms with van der Waals surface area (Å²) in [6.07, 6.45) is 1.88. The number of rotatable bonds is 4. The molecule has 0 fully saturated rings. The number of nitrogens with zero attached hydrogens (tertiary/aromatic N) is 2. The van der Waals surface area contributed by atoms with Crippen LogP contribution in [0, 0.1) is 0 Å². The molecule has 1 heterocycles. The topological polar surface area (TPSA) is 58.0 Å². The number of aromatic nitrogens is 2. The molecule has 13 heavy (non-hydrogen) atoms. The van der Waals surface area contributed by atoms with Gasteiger partial charge in [0.25, 0.3) is 0 Å². The number of hydrogen-bond acceptors (Lipinski definition) is 5. The van der Waals surface area contributed by atoms with Crippen molar-refractivity contribution < 1.29 is 5.11 Å². The summed E-state index contributed by atoms with van der Waals surface area (Å²) in [7, 11) is 0. The Bertz CT molecular complexity index is 284. The van der Waals surface area contributed by atoms with Crippen LogP contribution in [0.3, 0.4) is 0 Å². The Kier molecular flexibility index (Phi) is 4.27. The average molecular weight is 220 g/mol. The van der Waals surface area contributed by atoms with Crippen LogP contribution in [-0.4, -0.2) is 34.5 Å². The number of aliphatic hydroxyl groups is 1. The number of anilines is 1. The molecular formula is C7H10ClN3OS. The van der Waals surface area contributed by atoms with Crippen LogP contribution in [0.15, 0.2) is 11.2 Å². The van der Waals surface area contributed by atoms with Crippen LogP contribution < -0.4 is 5.32 Å². The van der Waals surface area contributed by atoms with E-state index in [-0.39, 0.29) is 6.61 Å². The van der Waals surface area contributed by atoms with Gasteiger partial charge in [-0.2, -0.15) is 0 Å². The minimum atomic E-state index is 0.0657. The number of halogens is 1. The third-order valence-corrected chi connectivity index (χ3v) is 2.02. The van der Waals surface area contributed by atoms with Gasteiger partial charge < -0.3 is 10.4 Å². The van der Waals surface area contributed by atoms with Crippen LogP contribution in [0.5, 0.6) is 0 Å². The van der Waals surface area contributed by atoms with Gasteiger partial charge in [-0.05, 0) is 6.26 Å². The molecule has 0 aliphatic carbocycles. The van der Waals surface area contributed by atoms with Crippen molar-refractivity contribution in [3.63, 3.8) is 0 Å². The fraction of sp³-hybridized carbons (Fsp3) is 0.429. The number of thioether (sulfide) groups is 1. The lowest BCUT2D eigenvalue weighted by Crippen LogP contribution is -2.07. The Hall–Kier alpha value is -0.520. The van der Waals surface area contributed by atoms with Crippen molar-refractivity contribution in [2.45, 2.75) is 5.16 Å². The van der Waals surface area contributed by atoms with Crippen molar-refractivity contribution in [2.24, 2.45) is 0 Å². The van der Waals surface area contributed by atoms with E-state index >= 15 is 0 Å². The van der Waals surface area contributed by atoms with Crippen LogP contribution in [-0.2, 0) is 0 Å². The van der Waals surface area contributed by atoms with Gasteiger partial charge in [0.05, 0.1) is 6.61 Å². The first-order chi connectivity index (χ1) is 6.26. The van der Waals surface area contributed by atoms with E-state index in [1.54, 1.807) is 6.07 Å². The maximum atomic E-state index is 8.58. The van der Waals surface area contributed by atoms with Gasteiger partial charge in [0.2, 0.25) is 0 Å². The zero-order chi connectivity index (χ0) is 9.68. The molecule has 0 saturated carbocycles. The van der Waals surface area contributed by atoms with E-state index in [0.29, 0.717) is 22.7 Å². The predicted molar refractivity (Wildman–Crippen MR) is 54.4 cm³/mol. The summed E-state index contributed by atoms with van der Waals surface area (Å²) in [5.74, 6) is 0.637. The predicted octanol–water partition coefficient (Wildman–Crippen LogP) is 1.26. The zero-order valence-electron chi connectivity index (χ0n) is 7.12. The first kappa shape index (κ1) is 10.6. The van der Waals surface area contributed by atoms with Crippen molar-refractivity contribution >= 4 is 29.2 Å². The molecule has 2 N–H and O–H groups in total. The zero-order valence-corrected chi connectivity index (χ0v) is 8.69. The first-order valence-electron chi connectivity index (χ1n) is 3.69. The molecule has 0 bridgehead atoms. The summed E-state index contributed by atoms with van der Waals surface area (Å²) in [6, 6.07) is 1.62. The van der Waals surface area contributed by atoms with Crippen molar-refractivity contribution in [2.75, 3.05) is 24.7 Å². The van der Waals surface area contributed by atoms with Crippen LogP contribution in [0.25, 0.3) is 0 Å². The third-order valence-electron chi connectivity index (χ3n) is 1.27. The molecule has 1 aromatic heterocycles. The standard InChI is InChI=1S/C7H10ClN3OS/c1-13-7-10-5(8)4-6(11-7)9-2-3-12/h4,12H,2-3H2,1H3,(H,9,10,11). The van der Waals surface area contributed by atoms with Crippen LogP contribution in [0.1, 0.15) is 0 Å². The SMILES string of the molecule is CSc1nc(Cl)cc(NCCO)n1. The van der Waals surface area contributed by atoms with Crippen LogP contribution in [0.4, 0.5) is 5.82 Å². The third kappa shape index (κ3) is 3.38. The fourth-order valence-electron chi connectivity index (χ4n) is 0.763. The number of hydrogen-bond donors (Lipinski definition) is 2. The highest BCUT2D eigenvalue weighted by Gasteiger charge is 2.00. The monoisotopic (exact) mass is 219 g/mol. The van der Waals surface area contributed by atoms with E-state index in [0.717, 1.165) is 0 Å². The number of aliphatic hydroxyl groups excluding tert-OH is 1. The van der Waals surface area contributed by atoms with Crippen molar-refractivity contribution in [1.29, 1.82) is 0 Å². The van der Waals surface area contributed by atoms with Gasteiger partial charge in [-0.15, -0.1) is 0 Å². The molecule has 0 saturated heterocycles. The van der Waals surface area contributed by atoms with Crippen LogP contribution in [0.2, 0.25) is 5.15 Å². The Morgan fingerprint density at radius 1 is 1.62 bits per heavy atom. The van der Waals surface area contributed by atoms with Crippen molar-refractivity contribution in [3.8, 4) is 0 Å². The summed E-state index contributed by atoms with van der Waals surface area (Å²) in [6.45, 7) is 0.525. The lowest BCUT2D eigenvalue weighted by molar-refractivity contribution is 0.311. The van der Waals surface area contributed by atoms with E-state index in [9.17, 15) is 0 Å². The van der Waals surface area contributed by atoms with Gasteiger partial charge in [0, 0.05) is 12.6 Å². The Morgan fingerprint density at radius 3 is 3.00 bits per heavy atom. The van der Waals surface area contributed by atoms with Crippen molar-refractivity contribution in [3.05, 3.63) is 11.2 Å². The van der Waals surface area contributed by atoms with E-state index in [2.05, 4.69) is 15.3 Å². The molecule has 0 amide bonds. The first-order valence-corrected chi connectivity index (χ1v) is 5.30. The molecule has 0 aliphatic rings. The summed E-state index contributed by atoms with van der Waals surface area (Å²) < 4.78 is 0. The summed E-state index contributed by atoms with van der Waals surface area (Å²) >= 11 is 7.16. The Morgan fingerprint density at radius 2 is 2.38 bits per heavy atom. The molecule has 0 aliphatic heterocycles. The Labute approximate surface area is 85.7 Å². The van der Waals surface area contributed by atoms with Gasteiger partial charge in [0.1, 0.15) is 11.0 Å². The maximum absolute atomic E-state index is 8.58. The molecule has 0 unspecified atom stereocenters. The van der Waals surface area contributed by atoms with Crippen molar-refractivity contribution in [1.82, 2.24) is 9.97 Å². The van der Waals surface area contributed by atoms with E-state index < -0.39 is 0 Å². The largest absolute Gasteiger partial charge is 0.395 e. The summed E-state index contributed by atoms with van der Waals surface area (Å²) in [5.41, 5.74) is 0. The molecule has 0 atom stereocenters. The minimum Gasteiger partial charge on any atom is -0.395 e. The molecule has 72 valence electrons. The highest BCUT2D eigenvalue weighted by molar-refractivity contribution is 7.98. The highest BCUT2D eigenvalue weighted by atomic mass is 35.5. The lowest BCUT2D eigenvalue weighted by Gasteiger charge is -2.04. The molecule has 1 rings (SSSR count). The molecule has 0 radical (unpaired) electrons. The quantitative estimate of drug-likeness (QED) is 0.454. The van der Waals surface area contributed by atoms with E-state index in [4.69, 9.17) is 16.7 Å². The van der Waals surface area contributed by atoms with Crippen LogP contribution >= 0.6 is 23.4 Å². The normalized spacial score (nSPS) is 10.1. The average Bonchev–Trinajstić information content (AvgIpc) is 2.14. The second-order valence-corrected chi connectivity index (χ2v) is 3.37. The second kappa shape index (κ2) is 5.26. The summed E-state index contributed by atoms with van der Waals surface area (Å²) in [5, 5.41) is 12.5. The lowest BCUT2D eigenvalue weighted by atomic mass is 10.5. The maximum Gasteiger partial charge on any atom is 0.190 e. The van der Waals surface area contributed by atoms with Gasteiger partial charge in [-0.25, -0.2) is 9.97 Å². The minimum absolute atomic E-state index is 0.0657. The fourth-order valence-corrected chi connectivity index (χ4v) is 1.38. The molecule has 4 nitrogen and oxygen atoms in total. The van der Waals surface area contributed by atoms with E-state index in [1.165, 1.54) is 11.8 Å².